The quantitative estimate of drug-likeness (QED) is 0.726. The molecule has 0 saturated carbocycles. The smallest absolute Gasteiger partial charge is 0.122 e. The van der Waals surface area contributed by atoms with Gasteiger partial charge in [-0.15, -0.1) is 0 Å². The molecule has 2 unspecified atom stereocenters. The number of hydrogen-bond donors (Lipinski definition) is 1. The Morgan fingerprint density at radius 2 is 1.95 bits per heavy atom. The van der Waals surface area contributed by atoms with Gasteiger partial charge in [-0.05, 0) is 43.4 Å². The van der Waals surface area contributed by atoms with Gasteiger partial charge in [0.05, 0.1) is 7.11 Å². The van der Waals surface area contributed by atoms with Gasteiger partial charge in [0, 0.05) is 6.04 Å². The van der Waals surface area contributed by atoms with Crippen LogP contribution in [0.5, 0.6) is 5.75 Å². The Balaban J connectivity index is 2.69. The van der Waals surface area contributed by atoms with Crippen LogP contribution in [-0.2, 0) is 6.42 Å². The highest BCUT2D eigenvalue weighted by Gasteiger charge is 2.14. The summed E-state index contributed by atoms with van der Waals surface area (Å²) in [5.41, 5.74) is 1.31. The van der Waals surface area contributed by atoms with Gasteiger partial charge < -0.3 is 10.1 Å². The van der Waals surface area contributed by atoms with Gasteiger partial charge in [0.25, 0.3) is 0 Å². The molecule has 0 radical (unpaired) electrons. The summed E-state index contributed by atoms with van der Waals surface area (Å²) in [6.45, 7) is 7.92. The molecule has 108 valence electrons. The molecular weight excluding hydrogens is 234 g/mol. The lowest BCUT2D eigenvalue weighted by molar-refractivity contribution is 0.378. The predicted octanol–water partition coefficient (Wildman–Crippen LogP) is 4.04. The van der Waals surface area contributed by atoms with Crippen LogP contribution in [0.1, 0.15) is 45.6 Å². The van der Waals surface area contributed by atoms with Gasteiger partial charge in [0.15, 0.2) is 0 Å². The lowest BCUT2D eigenvalue weighted by Crippen LogP contribution is -2.33. The van der Waals surface area contributed by atoms with E-state index in [1.165, 1.54) is 24.8 Å². The summed E-state index contributed by atoms with van der Waals surface area (Å²) in [6, 6.07) is 8.90. The van der Waals surface area contributed by atoms with Gasteiger partial charge in [0.1, 0.15) is 5.75 Å². The van der Waals surface area contributed by atoms with Crippen molar-refractivity contribution in [2.24, 2.45) is 5.92 Å². The van der Waals surface area contributed by atoms with Crippen molar-refractivity contribution in [2.75, 3.05) is 13.7 Å². The lowest BCUT2D eigenvalue weighted by atomic mass is 9.94. The van der Waals surface area contributed by atoms with E-state index in [9.17, 15) is 0 Å². The van der Waals surface area contributed by atoms with Crippen LogP contribution in [0, 0.1) is 5.92 Å². The minimum Gasteiger partial charge on any atom is -0.496 e. The largest absolute Gasteiger partial charge is 0.496 e. The standard InChI is InChI=1S/C17H29NO/c1-5-11-18-16(12-14(3)6-2)13-15-9-7-8-10-17(15)19-4/h7-10,14,16,18H,5-6,11-13H2,1-4H3. The predicted molar refractivity (Wildman–Crippen MR) is 82.9 cm³/mol. The van der Waals surface area contributed by atoms with Gasteiger partial charge in [-0.3, -0.25) is 0 Å². The summed E-state index contributed by atoms with van der Waals surface area (Å²) in [4.78, 5) is 0. The van der Waals surface area contributed by atoms with E-state index in [4.69, 9.17) is 4.74 Å². The van der Waals surface area contributed by atoms with Gasteiger partial charge >= 0.3 is 0 Å². The third-order valence-electron chi connectivity index (χ3n) is 3.73. The minimum atomic E-state index is 0.547. The molecule has 19 heavy (non-hydrogen) atoms. The zero-order chi connectivity index (χ0) is 14.1. The average molecular weight is 263 g/mol. The Morgan fingerprint density at radius 3 is 2.58 bits per heavy atom. The summed E-state index contributed by atoms with van der Waals surface area (Å²) in [6.07, 6.45) is 4.71. The summed E-state index contributed by atoms with van der Waals surface area (Å²) in [7, 11) is 1.75. The summed E-state index contributed by atoms with van der Waals surface area (Å²) in [5, 5.41) is 3.68. The van der Waals surface area contributed by atoms with Crippen LogP contribution in [0.15, 0.2) is 24.3 Å². The van der Waals surface area contributed by atoms with E-state index >= 15 is 0 Å². The molecule has 0 aliphatic carbocycles. The normalized spacial score (nSPS) is 14.1. The van der Waals surface area contributed by atoms with Gasteiger partial charge in [-0.2, -0.15) is 0 Å². The molecule has 2 nitrogen and oxygen atoms in total. The first kappa shape index (κ1) is 16.0. The Kier molecular flexibility index (Phi) is 7.57. The van der Waals surface area contributed by atoms with E-state index < -0.39 is 0 Å². The van der Waals surface area contributed by atoms with E-state index in [0.29, 0.717) is 6.04 Å². The first-order valence-electron chi connectivity index (χ1n) is 7.56. The fourth-order valence-electron chi connectivity index (χ4n) is 2.38. The number of benzene rings is 1. The Bertz CT molecular complexity index is 351. The monoisotopic (exact) mass is 263 g/mol. The number of para-hydroxylation sites is 1. The zero-order valence-corrected chi connectivity index (χ0v) is 12.9. The highest BCUT2D eigenvalue weighted by Crippen LogP contribution is 2.21. The van der Waals surface area contributed by atoms with E-state index in [0.717, 1.165) is 24.6 Å². The maximum absolute atomic E-state index is 5.45. The fourth-order valence-corrected chi connectivity index (χ4v) is 2.38. The molecule has 2 heteroatoms. The van der Waals surface area contributed by atoms with E-state index in [1.807, 2.05) is 6.07 Å². The molecule has 0 spiro atoms. The van der Waals surface area contributed by atoms with Gasteiger partial charge in [0.2, 0.25) is 0 Å². The molecule has 2 atom stereocenters. The van der Waals surface area contributed by atoms with Crippen molar-refractivity contribution in [1.29, 1.82) is 0 Å². The Morgan fingerprint density at radius 1 is 1.21 bits per heavy atom. The van der Waals surface area contributed by atoms with Crippen LogP contribution >= 0.6 is 0 Å². The van der Waals surface area contributed by atoms with Crippen molar-refractivity contribution in [3.05, 3.63) is 29.8 Å². The van der Waals surface area contributed by atoms with Crippen molar-refractivity contribution in [2.45, 2.75) is 52.5 Å². The van der Waals surface area contributed by atoms with Crippen LogP contribution in [0.3, 0.4) is 0 Å². The number of methoxy groups -OCH3 is 1. The van der Waals surface area contributed by atoms with Crippen LogP contribution < -0.4 is 10.1 Å². The van der Waals surface area contributed by atoms with Crippen molar-refractivity contribution in [1.82, 2.24) is 5.32 Å². The second-order valence-corrected chi connectivity index (χ2v) is 5.42. The molecule has 1 aromatic carbocycles. The third kappa shape index (κ3) is 5.65. The summed E-state index contributed by atoms with van der Waals surface area (Å²) in [5.74, 6) is 1.78. The number of rotatable bonds is 9. The van der Waals surface area contributed by atoms with Crippen molar-refractivity contribution >= 4 is 0 Å². The Labute approximate surface area is 118 Å². The van der Waals surface area contributed by atoms with Crippen molar-refractivity contribution < 1.29 is 4.74 Å². The van der Waals surface area contributed by atoms with Gasteiger partial charge in [-0.25, -0.2) is 0 Å². The maximum Gasteiger partial charge on any atom is 0.122 e. The van der Waals surface area contributed by atoms with Crippen LogP contribution in [-0.4, -0.2) is 19.7 Å². The maximum atomic E-state index is 5.45. The van der Waals surface area contributed by atoms with E-state index in [2.05, 4.69) is 44.3 Å². The number of nitrogens with one attached hydrogen (secondary N) is 1. The molecule has 0 aliphatic heterocycles. The SMILES string of the molecule is CCCNC(Cc1ccccc1OC)CC(C)CC. The van der Waals surface area contributed by atoms with Gasteiger partial charge in [-0.1, -0.05) is 45.4 Å². The molecule has 0 amide bonds. The Hall–Kier alpha value is -1.02. The zero-order valence-electron chi connectivity index (χ0n) is 12.9. The van der Waals surface area contributed by atoms with Crippen LogP contribution in [0.25, 0.3) is 0 Å². The van der Waals surface area contributed by atoms with E-state index in [1.54, 1.807) is 7.11 Å². The number of ether oxygens (including phenoxy) is 1. The molecule has 0 fully saturated rings. The first-order chi connectivity index (χ1) is 9.21. The highest BCUT2D eigenvalue weighted by atomic mass is 16.5. The molecule has 0 heterocycles. The highest BCUT2D eigenvalue weighted by molar-refractivity contribution is 5.33. The van der Waals surface area contributed by atoms with Crippen LogP contribution in [0.2, 0.25) is 0 Å². The van der Waals surface area contributed by atoms with Crippen molar-refractivity contribution in [3.63, 3.8) is 0 Å². The summed E-state index contributed by atoms with van der Waals surface area (Å²) < 4.78 is 5.45. The molecule has 0 aromatic heterocycles. The second-order valence-electron chi connectivity index (χ2n) is 5.42. The topological polar surface area (TPSA) is 21.3 Å². The molecule has 1 rings (SSSR count). The number of hydrogen-bond acceptors (Lipinski definition) is 2. The average Bonchev–Trinajstić information content (AvgIpc) is 2.45. The molecule has 1 N–H and O–H groups in total. The lowest BCUT2D eigenvalue weighted by Gasteiger charge is -2.22. The minimum absolute atomic E-state index is 0.547. The molecule has 0 saturated heterocycles. The second kappa shape index (κ2) is 8.98. The first-order valence-corrected chi connectivity index (χ1v) is 7.56. The van der Waals surface area contributed by atoms with Crippen LogP contribution in [0.4, 0.5) is 0 Å². The summed E-state index contributed by atoms with van der Waals surface area (Å²) >= 11 is 0. The molecular formula is C17H29NO. The van der Waals surface area contributed by atoms with E-state index in [-0.39, 0.29) is 0 Å². The fraction of sp³-hybridized carbons (Fsp3) is 0.647. The third-order valence-corrected chi connectivity index (χ3v) is 3.73. The molecule has 0 bridgehead atoms. The molecule has 0 aliphatic rings. The molecule has 1 aromatic rings. The van der Waals surface area contributed by atoms with Crippen molar-refractivity contribution in [3.8, 4) is 5.75 Å².